The van der Waals surface area contributed by atoms with Crippen molar-refractivity contribution in [3.8, 4) is 0 Å². The lowest BCUT2D eigenvalue weighted by Gasteiger charge is -2.20. The van der Waals surface area contributed by atoms with E-state index >= 15 is 0 Å². The Bertz CT molecular complexity index is 1020. The van der Waals surface area contributed by atoms with Crippen molar-refractivity contribution in [2.24, 2.45) is 0 Å². The molecule has 6 atom stereocenters. The highest BCUT2D eigenvalue weighted by Crippen LogP contribution is 2.40. The maximum Gasteiger partial charge on any atom is 0.488 e. The van der Waals surface area contributed by atoms with Crippen LogP contribution in [0, 0.1) is 0 Å². The Balaban J connectivity index is 1.61. The minimum Gasteiger partial charge on any atom is -0.566 e. The maximum absolute atomic E-state index is 12.1. The first-order chi connectivity index (χ1) is 14.6. The van der Waals surface area contributed by atoms with E-state index in [0.717, 1.165) is 0 Å². The summed E-state index contributed by atoms with van der Waals surface area (Å²) < 4.78 is 38.7. The number of hydrogen-bond donors (Lipinski definition) is 5. The van der Waals surface area contributed by atoms with Gasteiger partial charge in [-0.15, -0.1) is 4.52 Å². The van der Waals surface area contributed by atoms with Crippen molar-refractivity contribution in [2.45, 2.75) is 30.9 Å². The summed E-state index contributed by atoms with van der Waals surface area (Å²) in [6, 6.07) is -1.84. The van der Waals surface area contributed by atoms with Crippen molar-refractivity contribution in [2.75, 3.05) is 18.9 Å². The van der Waals surface area contributed by atoms with Crippen LogP contribution in [0.4, 0.5) is 5.82 Å². The molecule has 2 unspecified atom stereocenters. The van der Waals surface area contributed by atoms with Crippen LogP contribution in [0.3, 0.4) is 0 Å². The second-order valence-corrected chi connectivity index (χ2v) is 8.63. The number of carboxylic acids is 1. The van der Waals surface area contributed by atoms with Gasteiger partial charge in [0.2, 0.25) is 0 Å². The van der Waals surface area contributed by atoms with Gasteiger partial charge in [0, 0.05) is 6.42 Å². The van der Waals surface area contributed by atoms with Gasteiger partial charge in [-0.1, -0.05) is 0 Å². The summed E-state index contributed by atoms with van der Waals surface area (Å²) >= 11 is 0. The van der Waals surface area contributed by atoms with Crippen LogP contribution < -0.4 is 15.7 Å². The maximum atomic E-state index is 12.1. The Morgan fingerprint density at radius 3 is 2.94 bits per heavy atom. The van der Waals surface area contributed by atoms with Gasteiger partial charge < -0.3 is 30.5 Å². The summed E-state index contributed by atoms with van der Waals surface area (Å²) in [7, 11) is -8.07. The van der Waals surface area contributed by atoms with Gasteiger partial charge in [-0.3, -0.25) is 13.9 Å². The van der Waals surface area contributed by atoms with Crippen LogP contribution in [0.25, 0.3) is 11.2 Å². The minimum atomic E-state index is -4.72. The molecule has 1 aliphatic heterocycles. The van der Waals surface area contributed by atoms with Crippen molar-refractivity contribution >= 4 is 39.0 Å². The molecule has 0 bridgehead atoms. The van der Waals surface area contributed by atoms with E-state index in [0.29, 0.717) is 11.2 Å². The van der Waals surface area contributed by atoms with Crippen LogP contribution in [0.1, 0.15) is 12.6 Å². The van der Waals surface area contributed by atoms with Crippen LogP contribution in [0.2, 0.25) is 0 Å². The summed E-state index contributed by atoms with van der Waals surface area (Å²) in [6.45, 7) is -1.50. The molecule has 31 heavy (non-hydrogen) atoms. The van der Waals surface area contributed by atoms with E-state index in [9.17, 15) is 28.8 Å². The Labute approximate surface area is 174 Å². The predicted octanol–water partition coefficient (Wildman–Crippen LogP) is -1.75. The molecule has 3 rings (SSSR count). The van der Waals surface area contributed by atoms with Crippen molar-refractivity contribution < 1.29 is 47.7 Å². The van der Waals surface area contributed by atoms with Crippen molar-refractivity contribution in [1.29, 1.82) is 0 Å². The van der Waals surface area contributed by atoms with Gasteiger partial charge in [0.1, 0.15) is 36.8 Å². The fraction of sp³-hybridized carbons (Fsp3) is 0.538. The number of rotatable bonds is 10. The molecule has 0 amide bonds. The molecule has 1 aliphatic rings. The molecule has 16 nitrogen and oxygen atoms in total. The Hall–Kier alpha value is -2.13. The van der Waals surface area contributed by atoms with E-state index in [1.807, 2.05) is 0 Å². The average molecular weight is 480 g/mol. The number of fused-ring (bicyclic) bond motifs is 1. The minimum absolute atomic E-state index is 0.0781. The number of aliphatic hydroxyl groups excluding tert-OH is 1. The van der Waals surface area contributed by atoms with Crippen LogP contribution in [0.5, 0.6) is 0 Å². The number of hydrogen-bond acceptors (Lipinski definition) is 12. The van der Waals surface area contributed by atoms with E-state index in [1.165, 1.54) is 17.2 Å². The number of nitrogens with two attached hydrogens (primary N) is 1. The summed E-state index contributed by atoms with van der Waals surface area (Å²) in [5, 5.41) is 21.0. The zero-order valence-electron chi connectivity index (χ0n) is 15.5. The number of imidazole rings is 1. The monoisotopic (exact) mass is 480 g/mol. The normalized spacial score (nSPS) is 24.7. The van der Waals surface area contributed by atoms with E-state index in [1.54, 1.807) is 5.09 Å². The quantitative estimate of drug-likeness (QED) is 0.237. The molecule has 2 aromatic heterocycles. The molecular formula is C13H18N6O10P2. The first-order valence-corrected chi connectivity index (χ1v) is 11.3. The second-order valence-electron chi connectivity index (χ2n) is 6.37. The number of ether oxygens (including phenoxy) is 1. The number of nitrogens with zero attached hydrogens (tertiary/aromatic N) is 4. The third kappa shape index (κ3) is 5.77. The lowest BCUT2D eigenvalue weighted by molar-refractivity contribution is -0.186. The molecule has 6 N–H and O–H groups in total. The number of nitrogen functional groups attached to an aromatic ring is 1. The Morgan fingerprint density at radius 2 is 2.26 bits per heavy atom. The van der Waals surface area contributed by atoms with E-state index < -0.39 is 59.7 Å². The zero-order valence-corrected chi connectivity index (χ0v) is 17.3. The second kappa shape index (κ2) is 9.56. The molecule has 0 aromatic carbocycles. The third-order valence-corrected chi connectivity index (χ3v) is 5.78. The molecule has 0 saturated carbocycles. The predicted molar refractivity (Wildman–Crippen MR) is 98.2 cm³/mol. The molecule has 1 fully saturated rings. The lowest BCUT2D eigenvalue weighted by Crippen LogP contribution is -2.39. The molecule has 18 heteroatoms. The summed E-state index contributed by atoms with van der Waals surface area (Å²) in [4.78, 5) is 43.3. The van der Waals surface area contributed by atoms with Crippen LogP contribution in [0.15, 0.2) is 12.7 Å². The highest BCUT2D eigenvalue weighted by Gasteiger charge is 2.38. The van der Waals surface area contributed by atoms with Gasteiger partial charge in [0.25, 0.3) is 0 Å². The first-order valence-electron chi connectivity index (χ1n) is 8.59. The van der Waals surface area contributed by atoms with Gasteiger partial charge in [-0.2, -0.15) is 0 Å². The van der Waals surface area contributed by atoms with Gasteiger partial charge in [-0.25, -0.2) is 24.6 Å². The van der Waals surface area contributed by atoms with Crippen molar-refractivity contribution in [1.82, 2.24) is 24.6 Å². The average Bonchev–Trinajstić information content (AvgIpc) is 3.27. The number of nitrogens with one attached hydrogen (secondary N) is 1. The topological polar surface area (TPSA) is 244 Å². The first kappa shape index (κ1) is 23.5. The molecule has 1 saturated heterocycles. The smallest absolute Gasteiger partial charge is 0.488 e. The Kier molecular flexibility index (Phi) is 7.26. The largest absolute Gasteiger partial charge is 0.566 e. The van der Waals surface area contributed by atoms with E-state index in [4.69, 9.17) is 20.1 Å². The van der Waals surface area contributed by atoms with Crippen LogP contribution >= 0.6 is 16.0 Å². The highest BCUT2D eigenvalue weighted by molar-refractivity contribution is 7.50. The lowest BCUT2D eigenvalue weighted by atomic mass is 10.2. The van der Waals surface area contributed by atoms with Gasteiger partial charge in [-0.05, 0) is 4.57 Å². The molecule has 2 aromatic rings. The number of carbonyl (C=O) groups is 1. The van der Waals surface area contributed by atoms with Crippen LogP contribution in [-0.2, 0) is 27.7 Å². The van der Waals surface area contributed by atoms with Crippen LogP contribution in [-0.4, -0.2) is 72.1 Å². The number of aromatic nitrogens is 4. The SMILES string of the molecule is Nc1ncnc2c1ncn2[C@H]1C[C@H](O)[C@@H](COP(=O)(O)N[C@@H](CO[P+](=O)[O-])C(=O)O)O1. The molecule has 3 heterocycles. The van der Waals surface area contributed by atoms with Gasteiger partial charge >= 0.3 is 22.0 Å². The molecule has 0 aliphatic carbocycles. The summed E-state index contributed by atoms with van der Waals surface area (Å²) in [5.74, 6) is -1.48. The number of anilines is 1. The summed E-state index contributed by atoms with van der Waals surface area (Å²) in [5.41, 5.74) is 6.43. The standard InChI is InChI=1S/C13H18N6O10P2/c14-11-10-12(16-4-15-11)19(5-17-10)9-1-7(20)8(29-9)3-28-31(25,26)18-6(13(21)22)2-27-30(23)24/h4-9,20H,1-3H2,(H,21,22)(H2,14,15,16)(H2,18,25,26)/t6-,7-,8+,9+/m0/s1. The fourth-order valence-electron chi connectivity index (χ4n) is 2.82. The zero-order chi connectivity index (χ0) is 22.8. The molecule has 170 valence electrons. The Morgan fingerprint density at radius 1 is 1.52 bits per heavy atom. The highest BCUT2D eigenvalue weighted by atomic mass is 31.2. The van der Waals surface area contributed by atoms with E-state index in [-0.39, 0.29) is 12.2 Å². The fourth-order valence-corrected chi connectivity index (χ4v) is 4.10. The third-order valence-electron chi connectivity index (χ3n) is 4.28. The van der Waals surface area contributed by atoms with Gasteiger partial charge in [0.05, 0.1) is 19.0 Å². The number of carboxylic acid groups (broad SMARTS) is 1. The molecule has 0 spiro atoms. The van der Waals surface area contributed by atoms with Gasteiger partial charge in [0.15, 0.2) is 11.5 Å². The van der Waals surface area contributed by atoms with Crippen molar-refractivity contribution in [3.63, 3.8) is 0 Å². The number of aliphatic hydroxyl groups is 1. The molecule has 0 radical (unpaired) electrons. The van der Waals surface area contributed by atoms with E-state index in [2.05, 4.69) is 19.5 Å². The van der Waals surface area contributed by atoms with Crippen molar-refractivity contribution in [3.05, 3.63) is 12.7 Å². The molecular weight excluding hydrogens is 462 g/mol. The summed E-state index contributed by atoms with van der Waals surface area (Å²) in [6.07, 6.45) is -0.157. The number of aliphatic carboxylic acids is 1.